The molecule has 0 aliphatic carbocycles. The highest BCUT2D eigenvalue weighted by molar-refractivity contribution is 7.91. The molecule has 0 heterocycles. The molecule has 1 aromatic carbocycles. The first-order valence-corrected chi connectivity index (χ1v) is 8.16. The highest BCUT2D eigenvalue weighted by Gasteiger charge is 2.18. The van der Waals surface area contributed by atoms with Crippen molar-refractivity contribution < 1.29 is 8.42 Å². The Balaban J connectivity index is 2.71. The lowest BCUT2D eigenvalue weighted by molar-refractivity contribution is 0.581. The number of benzene rings is 1. The van der Waals surface area contributed by atoms with Gasteiger partial charge in [-0.25, -0.2) is 8.42 Å². The molecule has 2 nitrogen and oxygen atoms in total. The Labute approximate surface area is 105 Å². The first-order valence-electron chi connectivity index (χ1n) is 6.34. The minimum Gasteiger partial charge on any atom is -0.229 e. The fourth-order valence-electron chi connectivity index (χ4n) is 1.93. The van der Waals surface area contributed by atoms with Crippen molar-refractivity contribution in [2.24, 2.45) is 0 Å². The Bertz CT molecular complexity index is 409. The Hall–Kier alpha value is -0.830. The van der Waals surface area contributed by atoms with Gasteiger partial charge in [-0.1, -0.05) is 50.6 Å². The van der Waals surface area contributed by atoms with Gasteiger partial charge < -0.3 is 0 Å². The molecular formula is C14H22O2S. The number of hydrogen-bond acceptors (Lipinski definition) is 2. The molecule has 1 atom stereocenters. The summed E-state index contributed by atoms with van der Waals surface area (Å²) in [6, 6.07) is 9.93. The van der Waals surface area contributed by atoms with Crippen LogP contribution in [0.15, 0.2) is 30.3 Å². The lowest BCUT2D eigenvalue weighted by Crippen LogP contribution is -2.17. The van der Waals surface area contributed by atoms with Crippen molar-refractivity contribution in [3.63, 3.8) is 0 Å². The van der Waals surface area contributed by atoms with Crippen LogP contribution in [0.3, 0.4) is 0 Å². The van der Waals surface area contributed by atoms with Gasteiger partial charge in [-0.15, -0.1) is 0 Å². The van der Waals surface area contributed by atoms with Crippen molar-refractivity contribution in [1.82, 2.24) is 0 Å². The Morgan fingerprint density at radius 2 is 1.76 bits per heavy atom. The number of rotatable bonds is 7. The van der Waals surface area contributed by atoms with E-state index in [9.17, 15) is 8.42 Å². The highest BCUT2D eigenvalue weighted by atomic mass is 32.2. The van der Waals surface area contributed by atoms with Crippen LogP contribution in [-0.4, -0.2) is 19.9 Å². The van der Waals surface area contributed by atoms with E-state index in [0.717, 1.165) is 24.8 Å². The van der Waals surface area contributed by atoms with E-state index >= 15 is 0 Å². The van der Waals surface area contributed by atoms with Crippen molar-refractivity contribution in [2.45, 2.75) is 39.0 Å². The first kappa shape index (κ1) is 14.2. The van der Waals surface area contributed by atoms with Crippen LogP contribution in [0.5, 0.6) is 0 Å². The second-order valence-electron chi connectivity index (χ2n) is 4.48. The van der Waals surface area contributed by atoms with Gasteiger partial charge in [0.15, 0.2) is 9.84 Å². The van der Waals surface area contributed by atoms with Gasteiger partial charge in [-0.05, 0) is 24.3 Å². The molecule has 0 saturated heterocycles. The molecule has 0 saturated carbocycles. The van der Waals surface area contributed by atoms with Crippen molar-refractivity contribution in [3.05, 3.63) is 35.9 Å². The normalized spacial score (nSPS) is 13.5. The predicted molar refractivity (Wildman–Crippen MR) is 73.0 cm³/mol. The van der Waals surface area contributed by atoms with Crippen molar-refractivity contribution >= 4 is 9.84 Å². The van der Waals surface area contributed by atoms with Crippen LogP contribution in [0, 0.1) is 0 Å². The van der Waals surface area contributed by atoms with Crippen LogP contribution in [0.4, 0.5) is 0 Å². The molecule has 0 spiro atoms. The number of sulfone groups is 1. The maximum absolute atomic E-state index is 11.9. The fraction of sp³-hybridized carbons (Fsp3) is 0.571. The summed E-state index contributed by atoms with van der Waals surface area (Å²) in [6.07, 6.45) is 2.57. The molecular weight excluding hydrogens is 232 g/mol. The lowest BCUT2D eigenvalue weighted by Gasteiger charge is -2.15. The molecule has 96 valence electrons. The van der Waals surface area contributed by atoms with Gasteiger partial charge in [-0.3, -0.25) is 0 Å². The number of hydrogen-bond donors (Lipinski definition) is 0. The second kappa shape index (κ2) is 6.80. The Morgan fingerprint density at radius 1 is 1.12 bits per heavy atom. The summed E-state index contributed by atoms with van der Waals surface area (Å²) in [5.74, 6) is 0.749. The van der Waals surface area contributed by atoms with Crippen LogP contribution in [0.1, 0.15) is 44.6 Å². The van der Waals surface area contributed by atoms with E-state index in [1.54, 1.807) is 0 Å². The van der Waals surface area contributed by atoms with Gasteiger partial charge >= 0.3 is 0 Å². The molecule has 0 radical (unpaired) electrons. The second-order valence-corrected chi connectivity index (χ2v) is 6.71. The van der Waals surface area contributed by atoms with E-state index in [2.05, 4.69) is 0 Å². The fourth-order valence-corrected chi connectivity index (χ4v) is 3.87. The van der Waals surface area contributed by atoms with E-state index < -0.39 is 9.84 Å². The van der Waals surface area contributed by atoms with Crippen molar-refractivity contribution in [3.8, 4) is 0 Å². The van der Waals surface area contributed by atoms with E-state index in [1.165, 1.54) is 0 Å². The molecule has 17 heavy (non-hydrogen) atoms. The van der Waals surface area contributed by atoms with Gasteiger partial charge in [0.2, 0.25) is 0 Å². The average Bonchev–Trinajstić information content (AvgIpc) is 2.35. The molecule has 0 N–H and O–H groups in total. The minimum atomic E-state index is -2.90. The smallest absolute Gasteiger partial charge is 0.150 e. The molecule has 0 amide bonds. The van der Waals surface area contributed by atoms with E-state index in [-0.39, 0.29) is 11.7 Å². The third kappa shape index (κ3) is 4.90. The van der Waals surface area contributed by atoms with Crippen LogP contribution in [0.2, 0.25) is 0 Å². The molecule has 0 aliphatic rings. The van der Waals surface area contributed by atoms with Crippen LogP contribution >= 0.6 is 0 Å². The molecule has 0 aliphatic heterocycles. The zero-order valence-corrected chi connectivity index (χ0v) is 11.5. The van der Waals surface area contributed by atoms with Gasteiger partial charge in [0.05, 0.1) is 11.5 Å². The standard InChI is InChI=1S/C14H22O2S/c1-3-5-11-17(15,16)12-13(4-2)14-9-7-6-8-10-14/h6-10,13H,3-5,11-12H2,1-2H3/t13-/m0/s1. The van der Waals surface area contributed by atoms with E-state index in [1.807, 2.05) is 44.2 Å². The molecule has 0 bridgehead atoms. The van der Waals surface area contributed by atoms with Crippen molar-refractivity contribution in [1.29, 1.82) is 0 Å². The summed E-state index contributed by atoms with van der Waals surface area (Å²) < 4.78 is 23.9. The molecule has 1 rings (SSSR count). The minimum absolute atomic E-state index is 0.137. The lowest BCUT2D eigenvalue weighted by atomic mass is 9.99. The SMILES string of the molecule is CCCCS(=O)(=O)C[C@H](CC)c1ccccc1. The van der Waals surface area contributed by atoms with Gasteiger partial charge in [0.1, 0.15) is 0 Å². The molecule has 3 heteroatoms. The van der Waals surface area contributed by atoms with Gasteiger partial charge in [0.25, 0.3) is 0 Å². The molecule has 0 unspecified atom stereocenters. The Morgan fingerprint density at radius 3 is 2.29 bits per heavy atom. The zero-order chi connectivity index (χ0) is 12.7. The summed E-state index contributed by atoms with van der Waals surface area (Å²) in [5.41, 5.74) is 1.13. The number of unbranched alkanes of at least 4 members (excludes halogenated alkanes) is 1. The first-order chi connectivity index (χ1) is 8.09. The average molecular weight is 254 g/mol. The van der Waals surface area contributed by atoms with Crippen molar-refractivity contribution in [2.75, 3.05) is 11.5 Å². The monoisotopic (exact) mass is 254 g/mol. The van der Waals surface area contributed by atoms with Crippen LogP contribution in [-0.2, 0) is 9.84 Å². The zero-order valence-electron chi connectivity index (χ0n) is 10.7. The molecule has 1 aromatic rings. The highest BCUT2D eigenvalue weighted by Crippen LogP contribution is 2.21. The summed E-state index contributed by atoms with van der Waals surface area (Å²) in [5, 5.41) is 0. The predicted octanol–water partition coefficient (Wildman–Crippen LogP) is 3.40. The van der Waals surface area contributed by atoms with E-state index in [0.29, 0.717) is 5.75 Å². The quantitative estimate of drug-likeness (QED) is 0.747. The van der Waals surface area contributed by atoms with Gasteiger partial charge in [0, 0.05) is 0 Å². The Kier molecular flexibility index (Phi) is 5.69. The summed E-state index contributed by atoms with van der Waals surface area (Å²) in [4.78, 5) is 0. The summed E-state index contributed by atoms with van der Waals surface area (Å²) in [6.45, 7) is 4.07. The maximum atomic E-state index is 11.9. The largest absolute Gasteiger partial charge is 0.229 e. The summed E-state index contributed by atoms with van der Waals surface area (Å²) in [7, 11) is -2.90. The third-order valence-electron chi connectivity index (χ3n) is 3.03. The van der Waals surface area contributed by atoms with Crippen LogP contribution in [0.25, 0.3) is 0 Å². The summed E-state index contributed by atoms with van der Waals surface area (Å²) >= 11 is 0. The topological polar surface area (TPSA) is 34.1 Å². The van der Waals surface area contributed by atoms with E-state index in [4.69, 9.17) is 0 Å². The molecule has 0 aromatic heterocycles. The maximum Gasteiger partial charge on any atom is 0.150 e. The van der Waals surface area contributed by atoms with Gasteiger partial charge in [-0.2, -0.15) is 0 Å². The molecule has 0 fully saturated rings. The van der Waals surface area contributed by atoms with Crippen LogP contribution < -0.4 is 0 Å². The third-order valence-corrected chi connectivity index (χ3v) is 4.85.